The van der Waals surface area contributed by atoms with Gasteiger partial charge >= 0.3 is 53.8 Å². The normalized spacial score (nSPS) is 14.7. The summed E-state index contributed by atoms with van der Waals surface area (Å²) in [6, 6.07) is 2.02. The molecule has 0 unspecified atom stereocenters. The first-order chi connectivity index (χ1) is 17.5. The van der Waals surface area contributed by atoms with Crippen LogP contribution < -0.4 is 4.74 Å². The Balaban J connectivity index is 3.37. The molecule has 230 valence electrons. The summed E-state index contributed by atoms with van der Waals surface area (Å²) in [4.78, 5) is 11.2. The zero-order valence-corrected chi connectivity index (χ0v) is 19.1. The molecule has 0 aliphatic rings. The van der Waals surface area contributed by atoms with Crippen LogP contribution in [0.25, 0.3) is 0 Å². The van der Waals surface area contributed by atoms with E-state index in [1.54, 1.807) is 0 Å². The van der Waals surface area contributed by atoms with E-state index in [1.807, 2.05) is 0 Å². The number of carbonyl (C=O) groups is 1. The molecule has 0 aromatic heterocycles. The maximum Gasteiger partial charge on any atom is 0.471 e. The highest BCUT2D eigenvalue weighted by atomic mass is 19.4. The molecule has 0 heterocycles. The van der Waals surface area contributed by atoms with Crippen LogP contribution in [0.4, 0.5) is 74.6 Å². The molecule has 0 bridgehead atoms. The van der Waals surface area contributed by atoms with Crippen molar-refractivity contribution in [1.29, 1.82) is 0 Å². The Kier molecular flexibility index (Phi) is 9.17. The van der Waals surface area contributed by atoms with Gasteiger partial charge in [-0.05, 0) is 24.6 Å². The molecule has 0 saturated heterocycles. The fourth-order valence-electron chi connectivity index (χ4n) is 2.63. The second kappa shape index (κ2) is 10.5. The van der Waals surface area contributed by atoms with Gasteiger partial charge in [-0.2, -0.15) is 70.2 Å². The summed E-state index contributed by atoms with van der Waals surface area (Å²) in [7, 11) is 0. The van der Waals surface area contributed by atoms with Gasteiger partial charge in [0.15, 0.2) is 0 Å². The highest BCUT2D eigenvalue weighted by molar-refractivity contribution is 5.86. The molecule has 20 heteroatoms. The summed E-state index contributed by atoms with van der Waals surface area (Å²) in [5.41, 5.74) is -8.59. The number of hydrogen-bond acceptors (Lipinski definition) is 3. The second-order valence-corrected chi connectivity index (χ2v) is 7.88. The first-order valence-corrected chi connectivity index (χ1v) is 9.85. The van der Waals surface area contributed by atoms with Crippen molar-refractivity contribution in [3.63, 3.8) is 0 Å². The molecule has 0 amide bonds. The summed E-state index contributed by atoms with van der Waals surface area (Å²) in [5.74, 6) is -36.6. The van der Waals surface area contributed by atoms with Crippen molar-refractivity contribution >= 4 is 5.97 Å². The van der Waals surface area contributed by atoms with Gasteiger partial charge in [-0.1, -0.05) is 18.7 Å². The Labute approximate surface area is 211 Å². The van der Waals surface area contributed by atoms with Crippen LogP contribution in [0.5, 0.6) is 5.75 Å². The molecular weight excluding hydrogens is 611 g/mol. The van der Waals surface area contributed by atoms with E-state index >= 15 is 0 Å². The Morgan fingerprint density at radius 1 is 0.675 bits per heavy atom. The molecule has 1 aromatic rings. The van der Waals surface area contributed by atoms with E-state index < -0.39 is 59.5 Å². The van der Waals surface area contributed by atoms with Crippen LogP contribution in [-0.4, -0.2) is 60.4 Å². The average Bonchev–Trinajstić information content (AvgIpc) is 2.77. The van der Waals surface area contributed by atoms with Gasteiger partial charge in [-0.15, -0.1) is 0 Å². The Bertz CT molecular complexity index is 1060. The molecule has 0 saturated carbocycles. The molecule has 40 heavy (non-hydrogen) atoms. The maximum absolute atomic E-state index is 13.9. The van der Waals surface area contributed by atoms with Crippen LogP contribution in [0.2, 0.25) is 0 Å². The fourth-order valence-corrected chi connectivity index (χ4v) is 2.63. The van der Waals surface area contributed by atoms with Gasteiger partial charge in [0.25, 0.3) is 0 Å². The molecule has 0 spiro atoms. The van der Waals surface area contributed by atoms with Crippen LogP contribution in [0, 0.1) is 0 Å². The summed E-state index contributed by atoms with van der Waals surface area (Å²) >= 11 is 0. The van der Waals surface area contributed by atoms with Gasteiger partial charge in [0.05, 0.1) is 6.61 Å². The lowest BCUT2D eigenvalue weighted by Crippen LogP contribution is -2.77. The predicted octanol–water partition coefficient (Wildman–Crippen LogP) is 7.69. The van der Waals surface area contributed by atoms with Crippen LogP contribution in [0.1, 0.15) is 12.5 Å². The number of ether oxygens (including phenoxy) is 2. The number of esters is 1. The average molecular weight is 624 g/mol. The van der Waals surface area contributed by atoms with Crippen molar-refractivity contribution in [3.8, 4) is 5.75 Å². The zero-order chi connectivity index (χ0) is 32.0. The molecule has 0 aliphatic carbocycles. The highest BCUT2D eigenvalue weighted by Crippen LogP contribution is 2.65. The fraction of sp³-hybridized carbons (Fsp3) is 0.550. The standard InChI is InChI=1S/C20H13F17O3/c1-9(2)12(38)39-8-7-10-3-5-11(6-4-10)40-20(36,37)17(28,29)16(26,27)15(24,25)14(22,23)13(21,18(30,31)32)19(33,34)35/h3-6H,1,7-8H2,2H3. The molecule has 0 N–H and O–H groups in total. The van der Waals surface area contributed by atoms with E-state index in [0.717, 1.165) is 12.1 Å². The minimum absolute atomic E-state index is 0.0268. The molecule has 1 rings (SSSR count). The first kappa shape index (κ1) is 35.1. The lowest BCUT2D eigenvalue weighted by atomic mass is 9.85. The largest absolute Gasteiger partial charge is 0.471 e. The van der Waals surface area contributed by atoms with Gasteiger partial charge in [0.2, 0.25) is 0 Å². The summed E-state index contributed by atoms with van der Waals surface area (Å²) < 4.78 is 234. The Morgan fingerprint density at radius 2 is 1.07 bits per heavy atom. The number of alkyl halides is 17. The van der Waals surface area contributed by atoms with E-state index in [9.17, 15) is 79.4 Å². The van der Waals surface area contributed by atoms with E-state index in [4.69, 9.17) is 0 Å². The van der Waals surface area contributed by atoms with Gasteiger partial charge < -0.3 is 9.47 Å². The minimum Gasteiger partial charge on any atom is -0.462 e. The topological polar surface area (TPSA) is 35.5 Å². The highest BCUT2D eigenvalue weighted by Gasteiger charge is 2.97. The van der Waals surface area contributed by atoms with Gasteiger partial charge in [-0.25, -0.2) is 9.18 Å². The third kappa shape index (κ3) is 5.61. The summed E-state index contributed by atoms with van der Waals surface area (Å²) in [6.45, 7) is 4.14. The number of carbonyl (C=O) groups excluding carboxylic acids is 1. The van der Waals surface area contributed by atoms with E-state index in [-0.39, 0.29) is 36.3 Å². The number of hydrogen-bond donors (Lipinski definition) is 0. The van der Waals surface area contributed by atoms with Crippen molar-refractivity contribution in [1.82, 2.24) is 0 Å². The Hall–Kier alpha value is -2.96. The summed E-state index contributed by atoms with van der Waals surface area (Å²) in [6.07, 6.45) is -23.6. The molecular formula is C20H13F17O3. The summed E-state index contributed by atoms with van der Waals surface area (Å²) in [5, 5.41) is 0. The maximum atomic E-state index is 13.9. The van der Waals surface area contributed by atoms with Crippen molar-refractivity contribution in [2.45, 2.75) is 61.2 Å². The van der Waals surface area contributed by atoms with Gasteiger partial charge in [0.1, 0.15) is 5.75 Å². The van der Waals surface area contributed by atoms with Crippen LogP contribution in [0.3, 0.4) is 0 Å². The molecule has 3 nitrogen and oxygen atoms in total. The number of halogens is 17. The van der Waals surface area contributed by atoms with Crippen LogP contribution >= 0.6 is 0 Å². The lowest BCUT2D eigenvalue weighted by molar-refractivity contribution is -0.474. The van der Waals surface area contributed by atoms with E-state index in [0.29, 0.717) is 0 Å². The quantitative estimate of drug-likeness (QED) is 0.144. The third-order valence-electron chi connectivity index (χ3n) is 4.90. The second-order valence-electron chi connectivity index (χ2n) is 7.88. The van der Waals surface area contributed by atoms with E-state index in [1.165, 1.54) is 6.92 Å². The van der Waals surface area contributed by atoms with Crippen molar-refractivity contribution < 1.29 is 88.9 Å². The SMILES string of the molecule is C=C(C)C(=O)OCCc1ccc(OC(F)(F)C(F)(F)C(F)(F)C(F)(F)C(F)(F)C(F)(C(F)(F)F)C(F)(F)F)cc1. The van der Waals surface area contributed by atoms with Gasteiger partial charge in [-0.3, -0.25) is 0 Å². The predicted molar refractivity (Wildman–Crippen MR) is 97.2 cm³/mol. The Morgan fingerprint density at radius 3 is 1.45 bits per heavy atom. The van der Waals surface area contributed by atoms with Gasteiger partial charge in [0, 0.05) is 12.0 Å². The molecule has 0 radical (unpaired) electrons. The molecule has 0 fully saturated rings. The third-order valence-corrected chi connectivity index (χ3v) is 4.90. The van der Waals surface area contributed by atoms with Crippen LogP contribution in [0.15, 0.2) is 36.4 Å². The van der Waals surface area contributed by atoms with Crippen molar-refractivity contribution in [3.05, 3.63) is 42.0 Å². The van der Waals surface area contributed by atoms with E-state index in [2.05, 4.69) is 16.1 Å². The zero-order valence-electron chi connectivity index (χ0n) is 19.1. The number of rotatable bonds is 11. The lowest BCUT2D eigenvalue weighted by Gasteiger charge is -2.43. The van der Waals surface area contributed by atoms with Crippen molar-refractivity contribution in [2.75, 3.05) is 6.61 Å². The molecule has 0 aliphatic heterocycles. The molecule has 1 aromatic carbocycles. The smallest absolute Gasteiger partial charge is 0.462 e. The monoisotopic (exact) mass is 624 g/mol. The van der Waals surface area contributed by atoms with Crippen molar-refractivity contribution in [2.24, 2.45) is 0 Å². The minimum atomic E-state index is -8.84. The first-order valence-electron chi connectivity index (χ1n) is 9.85. The number of benzene rings is 1. The molecule has 0 atom stereocenters. The van der Waals surface area contributed by atoms with Crippen LogP contribution in [-0.2, 0) is 16.0 Å².